The molecular weight excluding hydrogens is 488 g/mol. The van der Waals surface area contributed by atoms with Gasteiger partial charge in [0, 0.05) is 26.0 Å². The number of nitrogens with zero attached hydrogens (tertiary/aromatic N) is 5. The van der Waals surface area contributed by atoms with Crippen LogP contribution in [0.25, 0.3) is 10.6 Å². The standard InChI is InChI=1S/C23H28N6O4S2/c1-4-33-21-14-25-12-18(27-21)20-13-26-22(34-20)23(30)29-9-5-6-19(29)15(2)10-16(11-24-3)28-35(31,32)17-7-8-17/h10-14,17,19,28H,2,4-9H2,1,3H3/b16-10+,24-11?/t19-/m1/s1. The minimum atomic E-state index is -3.44. The quantitative estimate of drug-likeness (QED) is 0.380. The number of aromatic nitrogens is 3. The number of carbonyl (C=O) groups excluding carboxylic acids is 1. The Labute approximate surface area is 208 Å². The van der Waals surface area contributed by atoms with Crippen molar-refractivity contribution in [2.75, 3.05) is 20.2 Å². The number of nitrogens with one attached hydrogen (secondary N) is 1. The van der Waals surface area contributed by atoms with E-state index >= 15 is 0 Å². The molecule has 3 heterocycles. The zero-order chi connectivity index (χ0) is 25.0. The van der Waals surface area contributed by atoms with Gasteiger partial charge in [-0.2, -0.15) is 0 Å². The average Bonchev–Trinajstić information content (AvgIpc) is 3.39. The summed E-state index contributed by atoms with van der Waals surface area (Å²) in [5, 5.41) is -0.0101. The van der Waals surface area contributed by atoms with Gasteiger partial charge < -0.3 is 9.64 Å². The van der Waals surface area contributed by atoms with Crippen molar-refractivity contribution in [3.63, 3.8) is 0 Å². The highest BCUT2D eigenvalue weighted by molar-refractivity contribution is 7.90. The molecule has 186 valence electrons. The van der Waals surface area contributed by atoms with E-state index in [9.17, 15) is 13.2 Å². The topological polar surface area (TPSA) is 127 Å². The highest BCUT2D eigenvalue weighted by Crippen LogP contribution is 2.31. The molecule has 1 saturated heterocycles. The lowest BCUT2D eigenvalue weighted by molar-refractivity contribution is 0.0757. The van der Waals surface area contributed by atoms with Gasteiger partial charge in [-0.15, -0.1) is 11.3 Å². The summed E-state index contributed by atoms with van der Waals surface area (Å²) in [6.07, 6.45) is 10.7. The SMILES string of the molecule is C=C(/C=C(\C=NC)NS(=O)(=O)C1CC1)[C@H]1CCCN1C(=O)c1ncc(-c2cncc(OCC)n2)s1. The van der Waals surface area contributed by atoms with E-state index in [2.05, 4.69) is 31.2 Å². The molecule has 1 aliphatic heterocycles. The van der Waals surface area contributed by atoms with Gasteiger partial charge >= 0.3 is 0 Å². The first-order valence-corrected chi connectivity index (χ1v) is 13.7. The van der Waals surface area contributed by atoms with Gasteiger partial charge in [0.05, 0.1) is 40.9 Å². The molecule has 1 saturated carbocycles. The van der Waals surface area contributed by atoms with E-state index in [1.807, 2.05) is 6.92 Å². The number of allylic oxidation sites excluding steroid dienone is 1. The number of sulfonamides is 1. The fraction of sp³-hybridized carbons (Fsp3) is 0.435. The molecule has 1 amide bonds. The molecule has 12 heteroatoms. The normalized spacial score (nSPS) is 18.7. The molecule has 0 spiro atoms. The van der Waals surface area contributed by atoms with Crippen LogP contribution in [0.15, 0.2) is 47.5 Å². The molecule has 1 atom stereocenters. The monoisotopic (exact) mass is 516 g/mol. The Kier molecular flexibility index (Phi) is 7.60. The van der Waals surface area contributed by atoms with Gasteiger partial charge in [-0.1, -0.05) is 6.58 Å². The van der Waals surface area contributed by atoms with E-state index in [0.717, 1.165) is 12.8 Å². The summed E-state index contributed by atoms with van der Waals surface area (Å²) in [6.45, 7) is 7.05. The van der Waals surface area contributed by atoms with Crippen LogP contribution in [0.5, 0.6) is 5.88 Å². The van der Waals surface area contributed by atoms with Crippen LogP contribution in [0.3, 0.4) is 0 Å². The summed E-state index contributed by atoms with van der Waals surface area (Å²) >= 11 is 1.24. The van der Waals surface area contributed by atoms with Crippen LogP contribution < -0.4 is 9.46 Å². The number of hydrogen-bond acceptors (Lipinski definition) is 9. The maximum atomic E-state index is 13.3. The fourth-order valence-corrected chi connectivity index (χ4v) is 6.04. The number of rotatable bonds is 10. The van der Waals surface area contributed by atoms with E-state index in [1.54, 1.807) is 30.4 Å². The van der Waals surface area contributed by atoms with Crippen LogP contribution in [0.1, 0.15) is 42.4 Å². The molecule has 2 fully saturated rings. The molecule has 35 heavy (non-hydrogen) atoms. The molecule has 2 aromatic rings. The van der Waals surface area contributed by atoms with Crippen molar-refractivity contribution in [2.45, 2.75) is 43.9 Å². The van der Waals surface area contributed by atoms with Crippen molar-refractivity contribution in [1.82, 2.24) is 24.6 Å². The second-order valence-corrected chi connectivity index (χ2v) is 11.3. The van der Waals surface area contributed by atoms with E-state index < -0.39 is 10.0 Å². The lowest BCUT2D eigenvalue weighted by atomic mass is 10.1. The molecule has 0 unspecified atom stereocenters. The Morgan fingerprint density at radius 1 is 1.34 bits per heavy atom. The molecule has 10 nitrogen and oxygen atoms in total. The van der Waals surface area contributed by atoms with Crippen LogP contribution in [0.4, 0.5) is 0 Å². The molecule has 0 bridgehead atoms. The number of thiazole rings is 1. The van der Waals surface area contributed by atoms with E-state index in [0.29, 0.717) is 58.7 Å². The van der Waals surface area contributed by atoms with Gasteiger partial charge in [0.1, 0.15) is 5.69 Å². The molecule has 0 radical (unpaired) electrons. The Hall–Kier alpha value is -3.12. The number of likely N-dealkylation sites (tertiary alicyclic amines) is 1. The second-order valence-electron chi connectivity index (χ2n) is 8.27. The third-order valence-electron chi connectivity index (χ3n) is 5.62. The summed E-state index contributed by atoms with van der Waals surface area (Å²) < 4.78 is 32.8. The predicted molar refractivity (Wildman–Crippen MR) is 135 cm³/mol. The van der Waals surface area contributed by atoms with Crippen molar-refractivity contribution < 1.29 is 17.9 Å². The van der Waals surface area contributed by atoms with Gasteiger partial charge in [0.2, 0.25) is 15.9 Å². The lowest BCUT2D eigenvalue weighted by Crippen LogP contribution is -2.36. The van der Waals surface area contributed by atoms with Gasteiger partial charge in [-0.05, 0) is 44.3 Å². The minimum Gasteiger partial charge on any atom is -0.477 e. The summed E-state index contributed by atoms with van der Waals surface area (Å²) in [4.78, 5) is 32.6. The number of ether oxygens (including phenoxy) is 1. The highest BCUT2D eigenvalue weighted by atomic mass is 32.2. The highest BCUT2D eigenvalue weighted by Gasteiger charge is 2.36. The fourth-order valence-electron chi connectivity index (χ4n) is 3.85. The van der Waals surface area contributed by atoms with Crippen molar-refractivity contribution in [3.8, 4) is 16.5 Å². The zero-order valence-electron chi connectivity index (χ0n) is 19.7. The van der Waals surface area contributed by atoms with E-state index in [-0.39, 0.29) is 17.2 Å². The van der Waals surface area contributed by atoms with Crippen LogP contribution in [0.2, 0.25) is 0 Å². The zero-order valence-corrected chi connectivity index (χ0v) is 21.3. The summed E-state index contributed by atoms with van der Waals surface area (Å²) in [6, 6.07) is -0.262. The van der Waals surface area contributed by atoms with E-state index in [1.165, 1.54) is 23.7 Å². The predicted octanol–water partition coefficient (Wildman–Crippen LogP) is 2.83. The molecule has 4 rings (SSSR count). The molecule has 1 aliphatic carbocycles. The smallest absolute Gasteiger partial charge is 0.283 e. The first-order chi connectivity index (χ1) is 16.8. The molecular formula is C23H28N6O4S2. The molecule has 2 aliphatic rings. The van der Waals surface area contributed by atoms with Crippen LogP contribution >= 0.6 is 11.3 Å². The lowest BCUT2D eigenvalue weighted by Gasteiger charge is -2.24. The van der Waals surface area contributed by atoms with Crippen LogP contribution in [-0.4, -0.2) is 71.9 Å². The van der Waals surface area contributed by atoms with Gasteiger partial charge in [-0.25, -0.2) is 18.4 Å². The Morgan fingerprint density at radius 2 is 2.14 bits per heavy atom. The Balaban J connectivity index is 1.50. The van der Waals surface area contributed by atoms with Crippen LogP contribution in [-0.2, 0) is 10.0 Å². The largest absolute Gasteiger partial charge is 0.477 e. The summed E-state index contributed by atoms with van der Waals surface area (Å²) in [7, 11) is -1.87. The second kappa shape index (κ2) is 10.6. The van der Waals surface area contributed by atoms with Gasteiger partial charge in [0.25, 0.3) is 5.91 Å². The van der Waals surface area contributed by atoms with Crippen molar-refractivity contribution in [2.24, 2.45) is 4.99 Å². The van der Waals surface area contributed by atoms with E-state index in [4.69, 9.17) is 4.74 Å². The Bertz CT molecular complexity index is 1270. The number of amides is 1. The first-order valence-electron chi connectivity index (χ1n) is 11.4. The molecule has 0 aromatic carbocycles. The summed E-state index contributed by atoms with van der Waals surface area (Å²) in [5.74, 6) is 0.217. The maximum absolute atomic E-state index is 13.3. The number of carbonyl (C=O) groups is 1. The average molecular weight is 517 g/mol. The Morgan fingerprint density at radius 3 is 2.86 bits per heavy atom. The molecule has 2 aromatic heterocycles. The molecule has 1 N–H and O–H groups in total. The van der Waals surface area contributed by atoms with Crippen molar-refractivity contribution in [3.05, 3.63) is 47.5 Å². The minimum absolute atomic E-state index is 0.198. The van der Waals surface area contributed by atoms with Crippen LogP contribution in [0, 0.1) is 0 Å². The van der Waals surface area contributed by atoms with Crippen molar-refractivity contribution >= 4 is 33.5 Å². The number of hydrogen-bond donors (Lipinski definition) is 1. The third-order valence-corrected chi connectivity index (χ3v) is 8.50. The van der Waals surface area contributed by atoms with Crippen molar-refractivity contribution in [1.29, 1.82) is 0 Å². The van der Waals surface area contributed by atoms with Gasteiger partial charge in [0.15, 0.2) is 5.01 Å². The summed E-state index contributed by atoms with van der Waals surface area (Å²) in [5.41, 5.74) is 1.56. The first kappa shape index (κ1) is 25.0. The third kappa shape index (κ3) is 5.93. The maximum Gasteiger partial charge on any atom is 0.283 e. The number of aliphatic imine (C=N–C) groups is 1. The van der Waals surface area contributed by atoms with Gasteiger partial charge in [-0.3, -0.25) is 19.5 Å².